The van der Waals surface area contributed by atoms with Crippen molar-refractivity contribution < 1.29 is 19.5 Å². The number of nitrogens with zero attached hydrogens (tertiary/aromatic N) is 1. The topological polar surface area (TPSA) is 59.0 Å². The van der Waals surface area contributed by atoms with Crippen molar-refractivity contribution in [2.75, 3.05) is 13.8 Å². The predicted octanol–water partition coefficient (Wildman–Crippen LogP) is -0.0145. The Morgan fingerprint density at radius 2 is 2.33 bits per heavy atom. The molecule has 1 amide bonds. The molecule has 1 rings (SSSR count). The highest BCUT2D eigenvalue weighted by Gasteiger charge is 2.28. The maximum absolute atomic E-state index is 11.0. The van der Waals surface area contributed by atoms with Gasteiger partial charge in [-0.3, -0.25) is 10.0 Å². The summed E-state index contributed by atoms with van der Waals surface area (Å²) in [6.45, 7) is 2.07. The Labute approximate surface area is 70.8 Å². The van der Waals surface area contributed by atoms with Crippen LogP contribution < -0.4 is 0 Å². The molecular formula is C7H13NO4. The van der Waals surface area contributed by atoms with Gasteiger partial charge in [-0.1, -0.05) is 0 Å². The second-order valence-electron chi connectivity index (χ2n) is 2.82. The van der Waals surface area contributed by atoms with E-state index < -0.39 is 0 Å². The summed E-state index contributed by atoms with van der Waals surface area (Å²) in [5.74, 6) is -0.364. The Morgan fingerprint density at radius 3 is 2.75 bits per heavy atom. The molecule has 0 radical (unpaired) electrons. The molecule has 5 nitrogen and oxygen atoms in total. The second kappa shape index (κ2) is 3.84. The fourth-order valence-electron chi connectivity index (χ4n) is 1.01. The summed E-state index contributed by atoms with van der Waals surface area (Å²) in [6.07, 6.45) is -0.144. The van der Waals surface area contributed by atoms with Gasteiger partial charge in [-0.15, -0.1) is 0 Å². The van der Waals surface area contributed by atoms with Gasteiger partial charge in [0, 0.05) is 7.05 Å². The Kier molecular flexibility index (Phi) is 3.02. The number of amides is 1. The van der Waals surface area contributed by atoms with Crippen molar-refractivity contribution in [3.63, 3.8) is 0 Å². The number of rotatable bonds is 2. The Morgan fingerprint density at radius 1 is 1.67 bits per heavy atom. The van der Waals surface area contributed by atoms with Gasteiger partial charge in [-0.2, -0.15) is 0 Å². The van der Waals surface area contributed by atoms with Crippen molar-refractivity contribution in [3.05, 3.63) is 0 Å². The third-order valence-corrected chi connectivity index (χ3v) is 1.87. The lowest BCUT2D eigenvalue weighted by atomic mass is 10.1. The van der Waals surface area contributed by atoms with E-state index in [1.54, 1.807) is 0 Å². The van der Waals surface area contributed by atoms with Crippen LogP contribution in [0.5, 0.6) is 0 Å². The molecular weight excluding hydrogens is 162 g/mol. The summed E-state index contributed by atoms with van der Waals surface area (Å²) in [6, 6.07) is 0. The molecule has 0 saturated carbocycles. The van der Waals surface area contributed by atoms with Crippen LogP contribution in [-0.4, -0.2) is 42.2 Å². The third kappa shape index (κ3) is 2.17. The van der Waals surface area contributed by atoms with Crippen LogP contribution in [0.3, 0.4) is 0 Å². The van der Waals surface area contributed by atoms with Gasteiger partial charge in [0.1, 0.15) is 6.79 Å². The number of hydrogen-bond acceptors (Lipinski definition) is 4. The van der Waals surface area contributed by atoms with Gasteiger partial charge in [-0.25, -0.2) is 5.06 Å². The highest BCUT2D eigenvalue weighted by Crippen LogP contribution is 2.15. The van der Waals surface area contributed by atoms with Gasteiger partial charge in [0.25, 0.3) is 0 Å². The standard InChI is InChI=1S/C7H13NO4/c1-5-6(12-4-11-5)3-7(9)8(2)10/h5-6,10H,3-4H2,1-2H3. The SMILES string of the molecule is CC1OCOC1CC(=O)N(C)O. The van der Waals surface area contributed by atoms with Crippen LogP contribution >= 0.6 is 0 Å². The summed E-state index contributed by atoms with van der Waals surface area (Å²) >= 11 is 0. The van der Waals surface area contributed by atoms with Crippen molar-refractivity contribution in [3.8, 4) is 0 Å². The quantitative estimate of drug-likeness (QED) is 0.473. The van der Waals surface area contributed by atoms with E-state index in [0.717, 1.165) is 0 Å². The van der Waals surface area contributed by atoms with Crippen molar-refractivity contribution in [2.45, 2.75) is 25.6 Å². The number of ether oxygens (including phenoxy) is 2. The number of hydroxylamine groups is 2. The molecule has 0 aromatic carbocycles. The Balaban J connectivity index is 2.35. The van der Waals surface area contributed by atoms with E-state index >= 15 is 0 Å². The second-order valence-corrected chi connectivity index (χ2v) is 2.82. The van der Waals surface area contributed by atoms with Crippen LogP contribution in [0.4, 0.5) is 0 Å². The van der Waals surface area contributed by atoms with E-state index in [9.17, 15) is 4.79 Å². The van der Waals surface area contributed by atoms with Crippen molar-refractivity contribution in [2.24, 2.45) is 0 Å². The zero-order valence-corrected chi connectivity index (χ0v) is 7.19. The number of carbonyl (C=O) groups excluding carboxylic acids is 1. The summed E-state index contributed by atoms with van der Waals surface area (Å²) in [5.41, 5.74) is 0. The van der Waals surface area contributed by atoms with Crippen molar-refractivity contribution in [1.29, 1.82) is 0 Å². The van der Waals surface area contributed by atoms with Crippen LogP contribution in [0.15, 0.2) is 0 Å². The zero-order chi connectivity index (χ0) is 9.14. The molecule has 70 valence electrons. The molecule has 0 bridgehead atoms. The van der Waals surface area contributed by atoms with Gasteiger partial charge >= 0.3 is 0 Å². The predicted molar refractivity (Wildman–Crippen MR) is 39.5 cm³/mol. The maximum Gasteiger partial charge on any atom is 0.248 e. The van der Waals surface area contributed by atoms with Crippen molar-refractivity contribution >= 4 is 5.91 Å². The Bertz CT molecular complexity index is 171. The molecule has 2 atom stereocenters. The van der Waals surface area contributed by atoms with Gasteiger partial charge in [0.15, 0.2) is 0 Å². The molecule has 0 aromatic rings. The lowest BCUT2D eigenvalue weighted by Gasteiger charge is -2.14. The number of hydrogen-bond donors (Lipinski definition) is 1. The van der Waals surface area contributed by atoms with Crippen LogP contribution in [0.2, 0.25) is 0 Å². The normalized spacial score (nSPS) is 28.9. The molecule has 2 unspecified atom stereocenters. The minimum absolute atomic E-state index is 0.0751. The molecule has 0 aliphatic carbocycles. The first-order chi connectivity index (χ1) is 5.61. The molecule has 1 fully saturated rings. The summed E-state index contributed by atoms with van der Waals surface area (Å²) in [4.78, 5) is 11.0. The van der Waals surface area contributed by atoms with Gasteiger partial charge < -0.3 is 9.47 Å². The maximum atomic E-state index is 11.0. The molecule has 1 saturated heterocycles. The highest BCUT2D eigenvalue weighted by molar-refractivity contribution is 5.75. The minimum Gasteiger partial charge on any atom is -0.350 e. The lowest BCUT2D eigenvalue weighted by Crippen LogP contribution is -2.30. The van der Waals surface area contributed by atoms with E-state index in [-0.39, 0.29) is 31.3 Å². The van der Waals surface area contributed by atoms with Gasteiger partial charge in [-0.05, 0) is 6.92 Å². The monoisotopic (exact) mass is 175 g/mol. The third-order valence-electron chi connectivity index (χ3n) is 1.87. The van der Waals surface area contributed by atoms with E-state index in [4.69, 9.17) is 14.7 Å². The molecule has 0 aromatic heterocycles. The van der Waals surface area contributed by atoms with E-state index in [1.165, 1.54) is 7.05 Å². The van der Waals surface area contributed by atoms with Crippen LogP contribution in [-0.2, 0) is 14.3 Å². The molecule has 1 aliphatic rings. The van der Waals surface area contributed by atoms with Crippen molar-refractivity contribution in [1.82, 2.24) is 5.06 Å². The zero-order valence-electron chi connectivity index (χ0n) is 7.19. The first kappa shape index (κ1) is 9.44. The average Bonchev–Trinajstić information content (AvgIpc) is 2.36. The van der Waals surface area contributed by atoms with Crippen LogP contribution in [0, 0.1) is 0 Å². The average molecular weight is 175 g/mol. The fraction of sp³-hybridized carbons (Fsp3) is 0.857. The van der Waals surface area contributed by atoms with Crippen LogP contribution in [0.1, 0.15) is 13.3 Å². The largest absolute Gasteiger partial charge is 0.350 e. The lowest BCUT2D eigenvalue weighted by molar-refractivity contribution is -0.161. The first-order valence-electron chi connectivity index (χ1n) is 3.80. The summed E-state index contributed by atoms with van der Waals surface area (Å²) in [7, 11) is 1.29. The minimum atomic E-state index is -0.364. The Hall–Kier alpha value is -0.650. The molecule has 5 heteroatoms. The summed E-state index contributed by atoms with van der Waals surface area (Å²) < 4.78 is 10.2. The first-order valence-corrected chi connectivity index (χ1v) is 3.80. The van der Waals surface area contributed by atoms with E-state index in [2.05, 4.69) is 0 Å². The van der Waals surface area contributed by atoms with Crippen LogP contribution in [0.25, 0.3) is 0 Å². The van der Waals surface area contributed by atoms with E-state index in [1.807, 2.05) is 6.92 Å². The molecule has 1 N–H and O–H groups in total. The highest BCUT2D eigenvalue weighted by atomic mass is 16.7. The van der Waals surface area contributed by atoms with Gasteiger partial charge in [0.05, 0.1) is 18.6 Å². The molecule has 12 heavy (non-hydrogen) atoms. The number of carbonyl (C=O) groups is 1. The molecule has 1 heterocycles. The smallest absolute Gasteiger partial charge is 0.248 e. The fourth-order valence-corrected chi connectivity index (χ4v) is 1.01. The summed E-state index contributed by atoms with van der Waals surface area (Å²) in [5, 5.41) is 9.32. The molecule has 0 spiro atoms. The van der Waals surface area contributed by atoms with Gasteiger partial charge in [0.2, 0.25) is 5.91 Å². The molecule has 1 aliphatic heterocycles. The van der Waals surface area contributed by atoms with E-state index in [0.29, 0.717) is 5.06 Å².